The van der Waals surface area contributed by atoms with Gasteiger partial charge in [0.15, 0.2) is 5.65 Å². The number of hydrogen-bond donors (Lipinski definition) is 2. The van der Waals surface area contributed by atoms with E-state index in [1.165, 1.54) is 12.1 Å². The smallest absolute Gasteiger partial charge is 0.224 e. The summed E-state index contributed by atoms with van der Waals surface area (Å²) in [5, 5.41) is 14.1. The number of carbonyl (C=O) groups is 1. The Bertz CT molecular complexity index is 1340. The molecule has 1 atom stereocenters. The zero-order chi connectivity index (χ0) is 23.9. The van der Waals surface area contributed by atoms with Crippen molar-refractivity contribution in [3.05, 3.63) is 82.9 Å². The van der Waals surface area contributed by atoms with Crippen LogP contribution in [0.25, 0.3) is 16.7 Å². The van der Waals surface area contributed by atoms with E-state index in [2.05, 4.69) is 15.3 Å². The number of aliphatic hydroxyl groups is 1. The minimum Gasteiger partial charge on any atom is -0.388 e. The molecule has 0 aliphatic rings. The average Bonchev–Trinajstić information content (AvgIpc) is 3.12. The van der Waals surface area contributed by atoms with Gasteiger partial charge in [0, 0.05) is 22.8 Å². The number of fused-ring (bicyclic) bond motifs is 1. The summed E-state index contributed by atoms with van der Waals surface area (Å²) in [4.78, 5) is 22.6. The monoisotopic (exact) mass is 446 g/mol. The second-order valence-corrected chi connectivity index (χ2v) is 8.98. The van der Waals surface area contributed by atoms with E-state index in [4.69, 9.17) is 0 Å². The summed E-state index contributed by atoms with van der Waals surface area (Å²) in [6.07, 6.45) is 1.64. The van der Waals surface area contributed by atoms with Crippen molar-refractivity contribution in [2.45, 2.75) is 46.3 Å². The molecule has 0 bridgehead atoms. The molecule has 2 N–H and O–H groups in total. The highest BCUT2D eigenvalue weighted by Crippen LogP contribution is 2.27. The van der Waals surface area contributed by atoms with Crippen molar-refractivity contribution in [2.24, 2.45) is 0 Å². The van der Waals surface area contributed by atoms with Gasteiger partial charge in [-0.2, -0.15) is 4.98 Å². The first-order valence-corrected chi connectivity index (χ1v) is 10.8. The van der Waals surface area contributed by atoms with Crippen molar-refractivity contribution >= 4 is 22.8 Å². The van der Waals surface area contributed by atoms with Gasteiger partial charge >= 0.3 is 0 Å². The Morgan fingerprint density at radius 1 is 1.12 bits per heavy atom. The number of aromatic nitrogens is 3. The second-order valence-electron chi connectivity index (χ2n) is 8.98. The number of halogens is 1. The van der Waals surface area contributed by atoms with Crippen LogP contribution < -0.4 is 5.32 Å². The molecule has 0 radical (unpaired) electrons. The van der Waals surface area contributed by atoms with Crippen molar-refractivity contribution in [2.75, 3.05) is 5.32 Å². The molecule has 0 aliphatic heterocycles. The predicted molar refractivity (Wildman–Crippen MR) is 128 cm³/mol. The first kappa shape index (κ1) is 22.6. The minimum atomic E-state index is -0.985. The molecule has 6 nitrogen and oxygen atoms in total. The summed E-state index contributed by atoms with van der Waals surface area (Å²) in [5.74, 6) is -0.202. The average molecular weight is 447 g/mol. The number of hydrogen-bond acceptors (Lipinski definition) is 5. The maximum atomic E-state index is 13.6. The van der Waals surface area contributed by atoms with Crippen LogP contribution in [0.15, 0.2) is 54.7 Å². The van der Waals surface area contributed by atoms with Crippen molar-refractivity contribution < 1.29 is 14.3 Å². The Hall–Kier alpha value is -3.58. The fourth-order valence-electron chi connectivity index (χ4n) is 3.65. The molecular weight excluding hydrogens is 419 g/mol. The van der Waals surface area contributed by atoms with Crippen LogP contribution >= 0.6 is 0 Å². The van der Waals surface area contributed by atoms with Crippen LogP contribution in [0.5, 0.6) is 0 Å². The molecule has 2 heterocycles. The zero-order valence-electron chi connectivity index (χ0n) is 19.3. The molecule has 4 aromatic rings. The molecule has 0 fully saturated rings. The van der Waals surface area contributed by atoms with Gasteiger partial charge in [0.05, 0.1) is 17.3 Å². The molecule has 1 unspecified atom stereocenters. The second kappa shape index (κ2) is 8.41. The van der Waals surface area contributed by atoms with Gasteiger partial charge in [-0.1, -0.05) is 23.8 Å². The lowest BCUT2D eigenvalue weighted by atomic mass is 10.0. The quantitative estimate of drug-likeness (QED) is 0.409. The Morgan fingerprint density at radius 2 is 1.82 bits per heavy atom. The number of nitrogens with zero attached hydrogens (tertiary/aromatic N) is 3. The topological polar surface area (TPSA) is 80.0 Å². The van der Waals surface area contributed by atoms with E-state index in [1.54, 1.807) is 42.8 Å². The molecular formula is C26H27FN4O2. The Morgan fingerprint density at radius 3 is 2.45 bits per heavy atom. The van der Waals surface area contributed by atoms with Crippen LogP contribution in [0.3, 0.4) is 0 Å². The van der Waals surface area contributed by atoms with Gasteiger partial charge < -0.3 is 10.4 Å². The summed E-state index contributed by atoms with van der Waals surface area (Å²) >= 11 is 0. The van der Waals surface area contributed by atoms with Crippen molar-refractivity contribution in [3.8, 4) is 5.69 Å². The largest absolute Gasteiger partial charge is 0.388 e. The Balaban J connectivity index is 1.89. The highest BCUT2D eigenvalue weighted by molar-refractivity contribution is 6.11. The van der Waals surface area contributed by atoms with Crippen LogP contribution in [0.2, 0.25) is 0 Å². The van der Waals surface area contributed by atoms with Crippen LogP contribution in [0, 0.1) is 19.7 Å². The zero-order valence-corrected chi connectivity index (χ0v) is 19.3. The van der Waals surface area contributed by atoms with Gasteiger partial charge in [-0.25, -0.2) is 9.37 Å². The normalized spacial score (nSPS) is 12.7. The number of anilines is 1. The summed E-state index contributed by atoms with van der Waals surface area (Å²) in [7, 11) is 0. The first-order valence-electron chi connectivity index (χ1n) is 10.8. The summed E-state index contributed by atoms with van der Waals surface area (Å²) < 4.78 is 15.4. The van der Waals surface area contributed by atoms with E-state index in [0.29, 0.717) is 33.9 Å². The lowest BCUT2D eigenvalue weighted by molar-refractivity contribution is 0.0646. The number of ketones is 1. The summed E-state index contributed by atoms with van der Waals surface area (Å²) in [6.45, 7) is 9.12. The highest BCUT2D eigenvalue weighted by atomic mass is 19.1. The molecule has 0 saturated carbocycles. The van der Waals surface area contributed by atoms with Gasteiger partial charge in [-0.05, 0) is 70.5 Å². The molecule has 0 spiro atoms. The third-order valence-electron chi connectivity index (χ3n) is 5.89. The maximum Gasteiger partial charge on any atom is 0.224 e. The van der Waals surface area contributed by atoms with Gasteiger partial charge in [0.25, 0.3) is 0 Å². The maximum absolute atomic E-state index is 13.6. The summed E-state index contributed by atoms with van der Waals surface area (Å²) in [6, 6.07) is 13.1. The Kier molecular flexibility index (Phi) is 5.76. The van der Waals surface area contributed by atoms with E-state index >= 15 is 0 Å². The number of benzene rings is 2. The van der Waals surface area contributed by atoms with Crippen LogP contribution in [-0.4, -0.2) is 37.1 Å². The van der Waals surface area contributed by atoms with Crippen LogP contribution in [0.4, 0.5) is 10.3 Å². The van der Waals surface area contributed by atoms with Gasteiger partial charge in [0.2, 0.25) is 11.7 Å². The number of aryl methyl sites for hydroxylation is 2. The highest BCUT2D eigenvalue weighted by Gasteiger charge is 2.24. The van der Waals surface area contributed by atoms with E-state index in [9.17, 15) is 14.3 Å². The minimum absolute atomic E-state index is 0.158. The molecule has 2 aromatic heterocycles. The predicted octanol–water partition coefficient (Wildman–Crippen LogP) is 4.98. The van der Waals surface area contributed by atoms with Gasteiger partial charge in [0.1, 0.15) is 5.82 Å². The molecule has 0 amide bonds. The molecule has 4 rings (SSSR count). The first-order chi connectivity index (χ1) is 15.5. The number of nitrogens with one attached hydrogen (secondary N) is 1. The number of carbonyl (C=O) groups excluding carboxylic acids is 1. The molecule has 2 aromatic carbocycles. The summed E-state index contributed by atoms with van der Waals surface area (Å²) in [5.41, 5.74) is 3.09. The molecule has 0 aliphatic carbocycles. The van der Waals surface area contributed by atoms with Crippen molar-refractivity contribution in [3.63, 3.8) is 0 Å². The fraction of sp³-hybridized carbons (Fsp3) is 0.269. The third kappa shape index (κ3) is 4.50. The number of rotatable bonds is 6. The van der Waals surface area contributed by atoms with E-state index in [0.717, 1.165) is 11.1 Å². The van der Waals surface area contributed by atoms with Gasteiger partial charge in [-0.3, -0.25) is 9.36 Å². The molecule has 7 heteroatoms. The van der Waals surface area contributed by atoms with Crippen molar-refractivity contribution in [1.82, 2.24) is 14.5 Å². The molecule has 0 saturated heterocycles. The fourth-order valence-corrected chi connectivity index (χ4v) is 3.65. The molecule has 33 heavy (non-hydrogen) atoms. The van der Waals surface area contributed by atoms with Crippen LogP contribution in [-0.2, 0) is 0 Å². The van der Waals surface area contributed by atoms with Crippen molar-refractivity contribution in [1.29, 1.82) is 0 Å². The lowest BCUT2D eigenvalue weighted by Gasteiger charge is -2.26. The van der Waals surface area contributed by atoms with E-state index < -0.39 is 5.60 Å². The van der Waals surface area contributed by atoms with E-state index in [-0.39, 0.29) is 17.6 Å². The molecule has 170 valence electrons. The Labute approximate surface area is 192 Å². The third-order valence-corrected chi connectivity index (χ3v) is 5.89. The van der Waals surface area contributed by atoms with Gasteiger partial charge in [-0.15, -0.1) is 0 Å². The standard InChI is InChI=1S/C26H27FN4O2/c1-15-6-11-21(16(2)12-15)23(32)22-13-18-14-28-25(29-17(3)26(4,5)33)30-24(18)31(22)20-9-7-19(27)8-10-20/h6-14,17,33H,1-5H3,(H,28,29,30). The van der Waals surface area contributed by atoms with Crippen LogP contribution in [0.1, 0.15) is 48.0 Å². The lowest BCUT2D eigenvalue weighted by Crippen LogP contribution is -2.39. The van der Waals surface area contributed by atoms with E-state index in [1.807, 2.05) is 39.0 Å². The SMILES string of the molecule is Cc1ccc(C(=O)c2cc3cnc(NC(C)C(C)(C)O)nc3n2-c2ccc(F)cc2)c(C)c1.